The molecule has 1 aromatic carbocycles. The average Bonchev–Trinajstić information content (AvgIpc) is 2.61. The van der Waals surface area contributed by atoms with Crippen molar-refractivity contribution in [2.24, 2.45) is 0 Å². The molecule has 2 rings (SSSR count). The Balaban J connectivity index is 2.13. The van der Waals surface area contributed by atoms with Crippen LogP contribution in [0.5, 0.6) is 11.5 Å². The van der Waals surface area contributed by atoms with E-state index in [4.69, 9.17) is 25.8 Å². The number of alkyl halides is 1. The Morgan fingerprint density at radius 2 is 2.25 bits per heavy atom. The Hall–Kier alpha value is -1.42. The molecule has 24 heavy (non-hydrogen) atoms. The minimum absolute atomic E-state index is 0.0605. The van der Waals surface area contributed by atoms with Crippen molar-refractivity contribution in [2.45, 2.75) is 58.0 Å². The standard InChI is InChI=1S/C19H27ClO4/c1-3-5-16-17(23-13-4-12-20)10-7-14-6-8-15(24-19(14)16)9-11-18(21)22-2/h7,10,15H,3-6,8-9,11-13H2,1-2H3. The molecule has 0 saturated carbocycles. The predicted molar refractivity (Wildman–Crippen MR) is 95.3 cm³/mol. The first-order valence-corrected chi connectivity index (χ1v) is 9.30. The Morgan fingerprint density at radius 1 is 1.42 bits per heavy atom. The van der Waals surface area contributed by atoms with E-state index in [0.29, 0.717) is 25.3 Å². The number of rotatable bonds is 9. The molecule has 1 aliphatic rings. The Labute approximate surface area is 149 Å². The Morgan fingerprint density at radius 3 is 2.96 bits per heavy atom. The summed E-state index contributed by atoms with van der Waals surface area (Å²) in [5, 5.41) is 0. The second kappa shape index (κ2) is 9.77. The summed E-state index contributed by atoms with van der Waals surface area (Å²) in [5.74, 6) is 2.27. The van der Waals surface area contributed by atoms with Crippen LogP contribution in [0.4, 0.5) is 0 Å². The zero-order valence-electron chi connectivity index (χ0n) is 14.6. The smallest absolute Gasteiger partial charge is 0.305 e. The maximum Gasteiger partial charge on any atom is 0.305 e. The number of aryl methyl sites for hydroxylation is 1. The minimum Gasteiger partial charge on any atom is -0.493 e. The van der Waals surface area contributed by atoms with E-state index in [0.717, 1.165) is 49.2 Å². The first-order chi connectivity index (χ1) is 11.7. The van der Waals surface area contributed by atoms with Gasteiger partial charge in [0.05, 0.1) is 19.8 Å². The van der Waals surface area contributed by atoms with Crippen LogP contribution in [0, 0.1) is 0 Å². The molecule has 0 radical (unpaired) electrons. The normalized spacial score (nSPS) is 16.2. The van der Waals surface area contributed by atoms with Gasteiger partial charge in [-0.3, -0.25) is 4.79 Å². The first-order valence-electron chi connectivity index (χ1n) is 8.76. The van der Waals surface area contributed by atoms with Crippen LogP contribution in [0.15, 0.2) is 12.1 Å². The number of esters is 1. The number of fused-ring (bicyclic) bond motifs is 1. The third-order valence-electron chi connectivity index (χ3n) is 4.25. The summed E-state index contributed by atoms with van der Waals surface area (Å²) in [4.78, 5) is 11.4. The largest absolute Gasteiger partial charge is 0.493 e. The summed E-state index contributed by atoms with van der Waals surface area (Å²) in [7, 11) is 1.42. The third-order valence-corrected chi connectivity index (χ3v) is 4.52. The van der Waals surface area contributed by atoms with Crippen LogP contribution >= 0.6 is 11.6 Å². The molecule has 0 aliphatic carbocycles. The maximum atomic E-state index is 11.4. The lowest BCUT2D eigenvalue weighted by atomic mass is 9.95. The van der Waals surface area contributed by atoms with Crippen LogP contribution in [-0.2, 0) is 22.4 Å². The molecule has 0 saturated heterocycles. The SMILES string of the molecule is CCCc1c(OCCCCl)ccc2c1OC(CCC(=O)OC)CC2. The predicted octanol–water partition coefficient (Wildman–Crippen LogP) is 4.29. The fourth-order valence-corrected chi connectivity index (χ4v) is 3.10. The van der Waals surface area contributed by atoms with Crippen molar-refractivity contribution in [2.75, 3.05) is 19.6 Å². The molecule has 0 fully saturated rings. The third kappa shape index (κ3) is 5.04. The van der Waals surface area contributed by atoms with Gasteiger partial charge in [0.2, 0.25) is 0 Å². The summed E-state index contributed by atoms with van der Waals surface area (Å²) in [6.45, 7) is 2.77. The van der Waals surface area contributed by atoms with Gasteiger partial charge in [-0.15, -0.1) is 11.6 Å². The van der Waals surface area contributed by atoms with Crippen molar-refractivity contribution in [1.82, 2.24) is 0 Å². The van der Waals surface area contributed by atoms with Crippen LogP contribution < -0.4 is 9.47 Å². The zero-order chi connectivity index (χ0) is 17.4. The Bertz CT molecular complexity index is 544. The molecule has 1 heterocycles. The first kappa shape index (κ1) is 18.9. The fourth-order valence-electron chi connectivity index (χ4n) is 2.99. The van der Waals surface area contributed by atoms with Crippen molar-refractivity contribution >= 4 is 17.6 Å². The monoisotopic (exact) mass is 354 g/mol. The quantitative estimate of drug-likeness (QED) is 0.377. The number of carbonyl (C=O) groups is 1. The van der Waals surface area contributed by atoms with Gasteiger partial charge in [-0.1, -0.05) is 19.4 Å². The van der Waals surface area contributed by atoms with E-state index in [1.807, 2.05) is 0 Å². The molecular formula is C19H27ClO4. The number of methoxy groups -OCH3 is 1. The minimum atomic E-state index is -0.184. The molecular weight excluding hydrogens is 328 g/mol. The average molecular weight is 355 g/mol. The highest BCUT2D eigenvalue weighted by molar-refractivity contribution is 6.17. The highest BCUT2D eigenvalue weighted by Crippen LogP contribution is 2.38. The lowest BCUT2D eigenvalue weighted by Crippen LogP contribution is -2.25. The van der Waals surface area contributed by atoms with Crippen LogP contribution in [0.1, 0.15) is 50.2 Å². The van der Waals surface area contributed by atoms with Crippen LogP contribution in [0.2, 0.25) is 0 Å². The maximum absolute atomic E-state index is 11.4. The van der Waals surface area contributed by atoms with Crippen LogP contribution in [-0.4, -0.2) is 31.7 Å². The summed E-state index contributed by atoms with van der Waals surface area (Å²) in [6, 6.07) is 4.15. The van der Waals surface area contributed by atoms with E-state index in [-0.39, 0.29) is 12.1 Å². The number of hydrogen-bond acceptors (Lipinski definition) is 4. The molecule has 1 atom stereocenters. The molecule has 134 valence electrons. The summed E-state index contributed by atoms with van der Waals surface area (Å²) < 4.78 is 16.9. The van der Waals surface area contributed by atoms with Gasteiger partial charge >= 0.3 is 5.97 Å². The van der Waals surface area contributed by atoms with Gasteiger partial charge in [0.25, 0.3) is 0 Å². The lowest BCUT2D eigenvalue weighted by Gasteiger charge is -2.29. The van der Waals surface area contributed by atoms with Gasteiger partial charge < -0.3 is 14.2 Å². The van der Waals surface area contributed by atoms with Gasteiger partial charge in [0.15, 0.2) is 0 Å². The van der Waals surface area contributed by atoms with Crippen molar-refractivity contribution in [3.63, 3.8) is 0 Å². The molecule has 4 nitrogen and oxygen atoms in total. The van der Waals surface area contributed by atoms with E-state index in [1.54, 1.807) is 0 Å². The summed E-state index contributed by atoms with van der Waals surface area (Å²) >= 11 is 5.73. The Kier molecular flexibility index (Phi) is 7.70. The van der Waals surface area contributed by atoms with E-state index in [9.17, 15) is 4.79 Å². The molecule has 0 aromatic heterocycles. The highest BCUT2D eigenvalue weighted by atomic mass is 35.5. The highest BCUT2D eigenvalue weighted by Gasteiger charge is 2.25. The van der Waals surface area contributed by atoms with E-state index < -0.39 is 0 Å². The van der Waals surface area contributed by atoms with Crippen LogP contribution in [0.3, 0.4) is 0 Å². The van der Waals surface area contributed by atoms with Gasteiger partial charge in [0.1, 0.15) is 11.5 Å². The summed E-state index contributed by atoms with van der Waals surface area (Å²) in [6.07, 6.45) is 5.82. The van der Waals surface area contributed by atoms with Gasteiger partial charge in [0, 0.05) is 17.9 Å². The molecule has 0 amide bonds. The topological polar surface area (TPSA) is 44.8 Å². The number of halogens is 1. The second-order valence-electron chi connectivity index (χ2n) is 6.06. The van der Waals surface area contributed by atoms with Crippen molar-refractivity contribution in [3.8, 4) is 11.5 Å². The number of ether oxygens (including phenoxy) is 3. The lowest BCUT2D eigenvalue weighted by molar-refractivity contribution is -0.141. The zero-order valence-corrected chi connectivity index (χ0v) is 15.4. The van der Waals surface area contributed by atoms with Crippen molar-refractivity contribution in [3.05, 3.63) is 23.3 Å². The van der Waals surface area contributed by atoms with Crippen LogP contribution in [0.25, 0.3) is 0 Å². The number of benzene rings is 1. The molecule has 0 spiro atoms. The second-order valence-corrected chi connectivity index (χ2v) is 6.44. The number of hydrogen-bond donors (Lipinski definition) is 0. The van der Waals surface area contributed by atoms with E-state index >= 15 is 0 Å². The van der Waals surface area contributed by atoms with Gasteiger partial charge in [-0.25, -0.2) is 0 Å². The van der Waals surface area contributed by atoms with Gasteiger partial charge in [-0.2, -0.15) is 0 Å². The number of carbonyl (C=O) groups excluding carboxylic acids is 1. The summed E-state index contributed by atoms with van der Waals surface area (Å²) in [5.41, 5.74) is 2.38. The molecule has 0 bridgehead atoms. The molecule has 1 aromatic rings. The fraction of sp³-hybridized carbons (Fsp3) is 0.632. The van der Waals surface area contributed by atoms with E-state index in [1.165, 1.54) is 12.7 Å². The molecule has 1 aliphatic heterocycles. The van der Waals surface area contributed by atoms with Crippen molar-refractivity contribution < 1.29 is 19.0 Å². The molecule has 0 N–H and O–H groups in total. The van der Waals surface area contributed by atoms with E-state index in [2.05, 4.69) is 19.1 Å². The molecule has 5 heteroatoms. The van der Waals surface area contributed by atoms with Crippen molar-refractivity contribution in [1.29, 1.82) is 0 Å². The molecule has 1 unspecified atom stereocenters. The van der Waals surface area contributed by atoms with Gasteiger partial charge in [-0.05, 0) is 43.7 Å².